The molecule has 2 N–H and O–H groups in total. The van der Waals surface area contributed by atoms with E-state index in [9.17, 15) is 9.18 Å². The van der Waals surface area contributed by atoms with Crippen LogP contribution < -0.4 is 10.6 Å². The van der Waals surface area contributed by atoms with Gasteiger partial charge in [-0.25, -0.2) is 4.39 Å². The number of benzene rings is 2. The van der Waals surface area contributed by atoms with Crippen molar-refractivity contribution in [3.8, 4) is 6.07 Å². The van der Waals surface area contributed by atoms with E-state index in [1.54, 1.807) is 24.3 Å². The summed E-state index contributed by atoms with van der Waals surface area (Å²) in [4.78, 5) is 13.6. The number of carbonyl (C=O) groups is 1. The second kappa shape index (κ2) is 5.41. The molecule has 1 amide bonds. The highest BCUT2D eigenvalue weighted by Gasteiger charge is 2.18. The zero-order valence-electron chi connectivity index (χ0n) is 10.8. The van der Waals surface area contributed by atoms with Crippen molar-refractivity contribution in [1.82, 2.24) is 0 Å². The molecule has 0 unspecified atom stereocenters. The minimum atomic E-state index is -0.537. The van der Waals surface area contributed by atoms with Crippen molar-refractivity contribution < 1.29 is 9.18 Å². The van der Waals surface area contributed by atoms with Crippen LogP contribution in [-0.4, -0.2) is 13.0 Å². The van der Waals surface area contributed by atoms with Gasteiger partial charge in [-0.05, 0) is 30.3 Å². The summed E-state index contributed by atoms with van der Waals surface area (Å²) in [7, 11) is 1.52. The summed E-state index contributed by atoms with van der Waals surface area (Å²) in [6.45, 7) is 0. The van der Waals surface area contributed by atoms with Gasteiger partial charge in [-0.1, -0.05) is 12.1 Å². The first-order valence-electron chi connectivity index (χ1n) is 5.87. The van der Waals surface area contributed by atoms with Gasteiger partial charge in [-0.2, -0.15) is 5.26 Å². The molecule has 2 aromatic rings. The molecule has 0 saturated heterocycles. The summed E-state index contributed by atoms with van der Waals surface area (Å²) in [5, 5.41) is 9.05. The number of amides is 1. The highest BCUT2D eigenvalue weighted by molar-refractivity contribution is 6.09. The van der Waals surface area contributed by atoms with Crippen LogP contribution in [0.3, 0.4) is 0 Å². The number of rotatable bonds is 2. The molecular formula is C15H12FN3O. The molecule has 0 aliphatic heterocycles. The summed E-state index contributed by atoms with van der Waals surface area (Å²) in [5.74, 6) is -1.01. The Morgan fingerprint density at radius 1 is 1.30 bits per heavy atom. The van der Waals surface area contributed by atoms with E-state index >= 15 is 0 Å². The highest BCUT2D eigenvalue weighted by atomic mass is 19.1. The smallest absolute Gasteiger partial charge is 0.260 e. The molecule has 0 spiro atoms. The molecule has 0 fully saturated rings. The van der Waals surface area contributed by atoms with Crippen LogP contribution in [0.1, 0.15) is 15.9 Å². The Morgan fingerprint density at radius 2 is 2.00 bits per heavy atom. The number of halogens is 1. The van der Waals surface area contributed by atoms with Crippen molar-refractivity contribution in [1.29, 1.82) is 5.26 Å². The number of hydrogen-bond donors (Lipinski definition) is 1. The first-order chi connectivity index (χ1) is 9.54. The monoisotopic (exact) mass is 269 g/mol. The van der Waals surface area contributed by atoms with E-state index in [-0.39, 0.29) is 11.3 Å². The van der Waals surface area contributed by atoms with E-state index in [2.05, 4.69) is 0 Å². The molecule has 0 atom stereocenters. The SMILES string of the molecule is CN(C(=O)c1cc(F)ccc1N)c1ccccc1C#N. The third-order valence-corrected chi connectivity index (χ3v) is 2.94. The number of hydrogen-bond acceptors (Lipinski definition) is 3. The first kappa shape index (κ1) is 13.6. The van der Waals surface area contributed by atoms with Gasteiger partial charge in [-0.3, -0.25) is 4.79 Å². The van der Waals surface area contributed by atoms with E-state index in [1.807, 2.05) is 6.07 Å². The normalized spacial score (nSPS) is 9.85. The Balaban J connectivity index is 2.43. The van der Waals surface area contributed by atoms with Crippen LogP contribution in [0.25, 0.3) is 0 Å². The number of nitrogens with zero attached hydrogens (tertiary/aromatic N) is 2. The second-order valence-corrected chi connectivity index (χ2v) is 4.22. The molecule has 0 aliphatic rings. The average Bonchev–Trinajstić information content (AvgIpc) is 2.48. The van der Waals surface area contributed by atoms with Crippen LogP contribution in [0.4, 0.5) is 15.8 Å². The number of para-hydroxylation sites is 1. The van der Waals surface area contributed by atoms with Gasteiger partial charge in [0.2, 0.25) is 0 Å². The largest absolute Gasteiger partial charge is 0.398 e. The molecule has 0 saturated carbocycles. The van der Waals surface area contributed by atoms with Crippen molar-refractivity contribution in [3.63, 3.8) is 0 Å². The van der Waals surface area contributed by atoms with Crippen molar-refractivity contribution >= 4 is 17.3 Å². The van der Waals surface area contributed by atoms with E-state index < -0.39 is 11.7 Å². The van der Waals surface area contributed by atoms with Gasteiger partial charge in [0.15, 0.2) is 0 Å². The molecule has 2 rings (SSSR count). The molecule has 0 aromatic heterocycles. The summed E-state index contributed by atoms with van der Waals surface area (Å²) in [5.41, 5.74) is 6.77. The maximum absolute atomic E-state index is 13.2. The van der Waals surface area contributed by atoms with Gasteiger partial charge in [0.1, 0.15) is 11.9 Å². The third kappa shape index (κ3) is 2.45. The van der Waals surface area contributed by atoms with Crippen LogP contribution in [0.15, 0.2) is 42.5 Å². The average molecular weight is 269 g/mol. The summed E-state index contributed by atoms with van der Waals surface area (Å²) < 4.78 is 13.2. The van der Waals surface area contributed by atoms with Crippen LogP contribution in [0, 0.1) is 17.1 Å². The molecule has 100 valence electrons. The summed E-state index contributed by atoms with van der Waals surface area (Å²) in [6, 6.07) is 12.3. The minimum absolute atomic E-state index is 0.0697. The lowest BCUT2D eigenvalue weighted by atomic mass is 10.1. The van der Waals surface area contributed by atoms with Gasteiger partial charge in [0, 0.05) is 12.7 Å². The number of carbonyl (C=O) groups excluding carboxylic acids is 1. The Kier molecular flexibility index (Phi) is 3.67. The number of nitrogens with two attached hydrogens (primary N) is 1. The van der Waals surface area contributed by atoms with E-state index in [4.69, 9.17) is 11.0 Å². The fourth-order valence-corrected chi connectivity index (χ4v) is 1.86. The van der Waals surface area contributed by atoms with Crippen LogP contribution in [-0.2, 0) is 0 Å². The fraction of sp³-hybridized carbons (Fsp3) is 0.0667. The lowest BCUT2D eigenvalue weighted by Gasteiger charge is -2.19. The van der Waals surface area contributed by atoms with Gasteiger partial charge in [0.25, 0.3) is 5.91 Å². The Hall–Kier alpha value is -2.87. The predicted octanol–water partition coefficient (Wildman–Crippen LogP) is 2.56. The Morgan fingerprint density at radius 3 is 2.70 bits per heavy atom. The topological polar surface area (TPSA) is 70.1 Å². The molecule has 0 aliphatic carbocycles. The molecule has 20 heavy (non-hydrogen) atoms. The van der Waals surface area contributed by atoms with Crippen molar-refractivity contribution in [2.75, 3.05) is 17.7 Å². The standard InChI is InChI=1S/C15H12FN3O/c1-19(14-5-3-2-4-10(14)9-17)15(20)12-8-11(16)6-7-13(12)18/h2-8H,18H2,1H3. The second-order valence-electron chi connectivity index (χ2n) is 4.22. The maximum Gasteiger partial charge on any atom is 0.260 e. The lowest BCUT2D eigenvalue weighted by Crippen LogP contribution is -2.27. The molecule has 4 nitrogen and oxygen atoms in total. The maximum atomic E-state index is 13.2. The first-order valence-corrected chi connectivity index (χ1v) is 5.87. The van der Waals surface area contributed by atoms with Gasteiger partial charge in [0.05, 0.1) is 16.8 Å². The van der Waals surface area contributed by atoms with Gasteiger partial charge in [-0.15, -0.1) is 0 Å². The van der Waals surface area contributed by atoms with E-state index in [0.29, 0.717) is 11.3 Å². The minimum Gasteiger partial charge on any atom is -0.398 e. The lowest BCUT2D eigenvalue weighted by molar-refractivity contribution is 0.0993. The molecule has 0 heterocycles. The van der Waals surface area contributed by atoms with Crippen LogP contribution in [0.2, 0.25) is 0 Å². The molecular weight excluding hydrogens is 257 g/mol. The quantitative estimate of drug-likeness (QED) is 0.852. The van der Waals surface area contributed by atoms with Crippen molar-refractivity contribution in [2.24, 2.45) is 0 Å². The van der Waals surface area contributed by atoms with Gasteiger partial charge < -0.3 is 10.6 Å². The number of nitrogen functional groups attached to an aromatic ring is 1. The molecule has 0 bridgehead atoms. The Labute approximate surface area is 115 Å². The zero-order valence-corrected chi connectivity index (χ0v) is 10.8. The summed E-state index contributed by atoms with van der Waals surface area (Å²) >= 11 is 0. The number of anilines is 2. The summed E-state index contributed by atoms with van der Waals surface area (Å²) in [6.07, 6.45) is 0. The Bertz CT molecular complexity index is 707. The van der Waals surface area contributed by atoms with Crippen molar-refractivity contribution in [2.45, 2.75) is 0 Å². The van der Waals surface area contributed by atoms with Crippen molar-refractivity contribution in [3.05, 3.63) is 59.4 Å². The highest BCUT2D eigenvalue weighted by Crippen LogP contribution is 2.22. The molecule has 2 aromatic carbocycles. The number of nitriles is 1. The molecule has 0 radical (unpaired) electrons. The zero-order chi connectivity index (χ0) is 14.7. The van der Waals surface area contributed by atoms with Crippen LogP contribution >= 0.6 is 0 Å². The van der Waals surface area contributed by atoms with Gasteiger partial charge >= 0.3 is 0 Å². The predicted molar refractivity (Wildman–Crippen MR) is 74.7 cm³/mol. The molecule has 5 heteroatoms. The van der Waals surface area contributed by atoms with Crippen LogP contribution in [0.5, 0.6) is 0 Å². The third-order valence-electron chi connectivity index (χ3n) is 2.94. The fourth-order valence-electron chi connectivity index (χ4n) is 1.86. The van der Waals surface area contributed by atoms with E-state index in [1.165, 1.54) is 24.1 Å². The van der Waals surface area contributed by atoms with E-state index in [0.717, 1.165) is 6.07 Å².